The Morgan fingerprint density at radius 1 is 0.970 bits per heavy atom. The van der Waals surface area contributed by atoms with Crippen LogP contribution in [0.5, 0.6) is 0 Å². The Hall–Kier alpha value is -2.33. The Balaban J connectivity index is 1.19. The van der Waals surface area contributed by atoms with Gasteiger partial charge in [-0.2, -0.15) is 0 Å². The molecule has 0 unspecified atom stereocenters. The van der Waals surface area contributed by atoms with Crippen molar-refractivity contribution >= 4 is 23.4 Å². The summed E-state index contributed by atoms with van der Waals surface area (Å²) in [5.74, 6) is 2.22. The van der Waals surface area contributed by atoms with Crippen molar-refractivity contribution in [2.75, 3.05) is 26.2 Å². The lowest BCUT2D eigenvalue weighted by Crippen LogP contribution is -2.49. The maximum Gasteiger partial charge on any atom is 0.253 e. The lowest BCUT2D eigenvalue weighted by molar-refractivity contribution is -0.143. The number of likely N-dealkylation sites (tertiary alicyclic amines) is 2. The number of carbonyl (C=O) groups excluding carboxylic acids is 2. The van der Waals surface area contributed by atoms with Crippen molar-refractivity contribution in [3.05, 3.63) is 70.7 Å². The molecule has 33 heavy (non-hydrogen) atoms. The number of carbonyl (C=O) groups is 2. The summed E-state index contributed by atoms with van der Waals surface area (Å²) in [5.41, 5.74) is 1.67. The smallest absolute Gasteiger partial charge is 0.253 e. The second kappa shape index (κ2) is 9.13. The number of hydrogen-bond donors (Lipinski definition) is 0. The van der Waals surface area contributed by atoms with Gasteiger partial charge >= 0.3 is 0 Å². The third kappa shape index (κ3) is 4.55. The predicted octanol–water partition coefficient (Wildman–Crippen LogP) is 5.31. The largest absolute Gasteiger partial charge is 0.342 e. The highest BCUT2D eigenvalue weighted by molar-refractivity contribution is 6.30. The van der Waals surface area contributed by atoms with Crippen molar-refractivity contribution < 1.29 is 9.59 Å². The first-order valence-corrected chi connectivity index (χ1v) is 12.7. The minimum atomic E-state index is -0.367. The summed E-state index contributed by atoms with van der Waals surface area (Å²) in [7, 11) is 0. The third-order valence-corrected chi connectivity index (χ3v) is 8.61. The van der Waals surface area contributed by atoms with Crippen molar-refractivity contribution in [2.45, 2.75) is 39.0 Å². The zero-order valence-corrected chi connectivity index (χ0v) is 20.1. The normalized spacial score (nSPS) is 26.3. The number of benzene rings is 2. The second-order valence-electron chi connectivity index (χ2n) is 10.5. The topological polar surface area (TPSA) is 40.6 Å². The number of hydrogen-bond acceptors (Lipinski definition) is 2. The van der Waals surface area contributed by atoms with Gasteiger partial charge in [-0.05, 0) is 79.7 Å². The molecular weight excluding hydrogens is 432 g/mol. The molecule has 0 radical (unpaired) electrons. The van der Waals surface area contributed by atoms with E-state index in [2.05, 4.69) is 24.0 Å². The van der Waals surface area contributed by atoms with Crippen LogP contribution >= 0.6 is 11.6 Å². The van der Waals surface area contributed by atoms with Crippen LogP contribution < -0.4 is 0 Å². The Bertz CT molecular complexity index is 1020. The van der Waals surface area contributed by atoms with Crippen molar-refractivity contribution in [2.24, 2.45) is 23.2 Å². The first-order valence-electron chi connectivity index (χ1n) is 12.3. The lowest BCUT2D eigenvalue weighted by Gasteiger charge is -2.40. The summed E-state index contributed by atoms with van der Waals surface area (Å²) in [5, 5.41) is 0.801. The molecule has 2 amide bonds. The molecular formula is C28H33ClN2O2. The molecule has 0 N–H and O–H groups in total. The molecule has 0 spiro atoms. The highest BCUT2D eigenvalue weighted by Crippen LogP contribution is 2.45. The average Bonchev–Trinajstić information content (AvgIpc) is 3.41. The van der Waals surface area contributed by atoms with Gasteiger partial charge in [0.05, 0.1) is 0 Å². The van der Waals surface area contributed by atoms with Crippen LogP contribution in [0.1, 0.15) is 48.5 Å². The van der Waals surface area contributed by atoms with Crippen LogP contribution in [0.15, 0.2) is 54.6 Å². The van der Waals surface area contributed by atoms with E-state index >= 15 is 0 Å². The zero-order chi connectivity index (χ0) is 23.0. The quantitative estimate of drug-likeness (QED) is 0.615. The summed E-state index contributed by atoms with van der Waals surface area (Å²) < 4.78 is 0. The number of rotatable bonds is 4. The summed E-state index contributed by atoms with van der Waals surface area (Å²) in [6.45, 7) is 5.19. The van der Waals surface area contributed by atoms with Gasteiger partial charge in [-0.1, -0.05) is 48.9 Å². The molecule has 0 aromatic heterocycles. The number of halogens is 1. The maximum absolute atomic E-state index is 13.6. The summed E-state index contributed by atoms with van der Waals surface area (Å²) in [4.78, 5) is 30.5. The van der Waals surface area contributed by atoms with Gasteiger partial charge in [-0.15, -0.1) is 0 Å². The van der Waals surface area contributed by atoms with Crippen LogP contribution in [-0.2, 0) is 11.2 Å². The highest BCUT2D eigenvalue weighted by atomic mass is 35.5. The fraction of sp³-hybridized carbons (Fsp3) is 0.500. The van der Waals surface area contributed by atoms with Crippen LogP contribution in [0.3, 0.4) is 0 Å². The summed E-state index contributed by atoms with van der Waals surface area (Å²) >= 11 is 6.19. The first-order chi connectivity index (χ1) is 15.9. The van der Waals surface area contributed by atoms with E-state index in [0.717, 1.165) is 42.9 Å². The molecule has 4 nitrogen and oxygen atoms in total. The average molecular weight is 465 g/mol. The van der Waals surface area contributed by atoms with E-state index in [9.17, 15) is 9.59 Å². The van der Waals surface area contributed by atoms with Crippen LogP contribution in [0.4, 0.5) is 0 Å². The summed E-state index contributed by atoms with van der Waals surface area (Å²) in [6.07, 6.45) is 5.00. The molecule has 3 atom stereocenters. The SMILES string of the molecule is CC1(C(=O)N2C[C@H]3CC[C@H](Cc4cccc(Cl)c4)[C@H]3C2)CCN(C(=O)c2ccccc2)CC1. The van der Waals surface area contributed by atoms with Crippen LogP contribution in [0, 0.1) is 23.2 Å². The van der Waals surface area contributed by atoms with E-state index in [1.807, 2.05) is 47.4 Å². The minimum absolute atomic E-state index is 0.0738. The molecule has 2 saturated heterocycles. The molecule has 2 heterocycles. The van der Waals surface area contributed by atoms with Gasteiger partial charge in [0.1, 0.15) is 0 Å². The molecule has 1 saturated carbocycles. The molecule has 3 aliphatic rings. The van der Waals surface area contributed by atoms with Gasteiger partial charge in [0, 0.05) is 42.2 Å². The van der Waals surface area contributed by atoms with Crippen LogP contribution in [-0.4, -0.2) is 47.8 Å². The van der Waals surface area contributed by atoms with Gasteiger partial charge in [0.15, 0.2) is 0 Å². The molecule has 0 bridgehead atoms. The van der Waals surface area contributed by atoms with Crippen molar-refractivity contribution in [3.63, 3.8) is 0 Å². The van der Waals surface area contributed by atoms with E-state index in [4.69, 9.17) is 11.6 Å². The highest BCUT2D eigenvalue weighted by Gasteiger charge is 2.48. The van der Waals surface area contributed by atoms with Crippen molar-refractivity contribution in [1.29, 1.82) is 0 Å². The molecule has 3 fully saturated rings. The Morgan fingerprint density at radius 2 is 1.73 bits per heavy atom. The number of piperidine rings is 1. The molecule has 2 aliphatic heterocycles. The fourth-order valence-corrected chi connectivity index (χ4v) is 6.54. The van der Waals surface area contributed by atoms with Gasteiger partial charge in [0.25, 0.3) is 5.91 Å². The molecule has 1 aliphatic carbocycles. The van der Waals surface area contributed by atoms with Crippen LogP contribution in [0.2, 0.25) is 5.02 Å². The van der Waals surface area contributed by atoms with Crippen LogP contribution in [0.25, 0.3) is 0 Å². The second-order valence-corrected chi connectivity index (χ2v) is 11.0. The third-order valence-electron chi connectivity index (χ3n) is 8.37. The minimum Gasteiger partial charge on any atom is -0.342 e. The van der Waals surface area contributed by atoms with Gasteiger partial charge in [-0.3, -0.25) is 9.59 Å². The first kappa shape index (κ1) is 22.5. The molecule has 2 aromatic carbocycles. The Kier molecular flexibility index (Phi) is 6.22. The molecule has 174 valence electrons. The van der Waals surface area contributed by atoms with E-state index in [1.54, 1.807) is 0 Å². The predicted molar refractivity (Wildman–Crippen MR) is 131 cm³/mol. The van der Waals surface area contributed by atoms with E-state index < -0.39 is 0 Å². The Morgan fingerprint density at radius 3 is 2.45 bits per heavy atom. The van der Waals surface area contributed by atoms with E-state index in [1.165, 1.54) is 18.4 Å². The number of amides is 2. The fourth-order valence-electron chi connectivity index (χ4n) is 6.33. The van der Waals surface area contributed by atoms with Crippen molar-refractivity contribution in [3.8, 4) is 0 Å². The lowest BCUT2D eigenvalue weighted by atomic mass is 9.78. The van der Waals surface area contributed by atoms with Gasteiger partial charge < -0.3 is 9.80 Å². The number of nitrogens with zero attached hydrogens (tertiary/aromatic N) is 2. The van der Waals surface area contributed by atoms with Crippen molar-refractivity contribution in [1.82, 2.24) is 9.80 Å². The molecule has 5 heteroatoms. The Labute approximate surface area is 201 Å². The number of fused-ring (bicyclic) bond motifs is 1. The van der Waals surface area contributed by atoms with E-state index in [0.29, 0.717) is 36.8 Å². The standard InChI is InChI=1S/C28H33ClN2O2/c1-28(12-14-30(15-13-28)26(32)21-7-3-2-4-8-21)27(33)31-18-23-11-10-22(25(23)19-31)16-20-6-5-9-24(29)17-20/h2-9,17,22-23,25H,10-16,18-19H2,1H3/t22-,23-,25-/m1/s1. The van der Waals surface area contributed by atoms with Gasteiger partial charge in [-0.25, -0.2) is 0 Å². The van der Waals surface area contributed by atoms with E-state index in [-0.39, 0.29) is 11.3 Å². The summed E-state index contributed by atoms with van der Waals surface area (Å²) in [6, 6.07) is 17.7. The molecule has 2 aromatic rings. The monoisotopic (exact) mass is 464 g/mol. The zero-order valence-electron chi connectivity index (χ0n) is 19.4. The maximum atomic E-state index is 13.6. The van der Waals surface area contributed by atoms with Gasteiger partial charge in [0.2, 0.25) is 5.91 Å². The molecule has 5 rings (SSSR count).